The summed E-state index contributed by atoms with van der Waals surface area (Å²) in [5.74, 6) is 1.76. The fourth-order valence-electron chi connectivity index (χ4n) is 6.62. The van der Waals surface area contributed by atoms with Crippen molar-refractivity contribution < 1.29 is 14.3 Å². The van der Waals surface area contributed by atoms with Gasteiger partial charge >= 0.3 is 0 Å². The highest BCUT2D eigenvalue weighted by molar-refractivity contribution is 5.92. The van der Waals surface area contributed by atoms with E-state index >= 15 is 0 Å². The maximum absolute atomic E-state index is 12.2. The van der Waals surface area contributed by atoms with Crippen molar-refractivity contribution in [1.82, 2.24) is 4.90 Å². The number of allylic oxidation sites excluding steroid dienone is 1. The summed E-state index contributed by atoms with van der Waals surface area (Å²) in [7, 11) is 1.69. The SMILES string of the molecule is COc1ccc2c3c1O[C@@H]1CC(=O)C=C[C@]31CCN(CCCCCc1ccccc1-c1cccc(N)c1)C2. The average molecular weight is 509 g/mol. The zero-order valence-electron chi connectivity index (χ0n) is 22.1. The van der Waals surface area contributed by atoms with Gasteiger partial charge in [0.1, 0.15) is 6.10 Å². The molecule has 2 aliphatic heterocycles. The fourth-order valence-corrected chi connectivity index (χ4v) is 6.62. The van der Waals surface area contributed by atoms with E-state index in [2.05, 4.69) is 53.4 Å². The minimum atomic E-state index is -0.230. The molecule has 6 rings (SSSR count). The molecule has 5 nitrogen and oxygen atoms in total. The first-order valence-corrected chi connectivity index (χ1v) is 13.8. The Bertz CT molecular complexity index is 1380. The molecule has 0 bridgehead atoms. The van der Waals surface area contributed by atoms with E-state index in [1.165, 1.54) is 40.7 Å². The highest BCUT2D eigenvalue weighted by Gasteiger charge is 2.52. The lowest BCUT2D eigenvalue weighted by molar-refractivity contribution is -0.117. The number of nitrogen functional groups attached to an aromatic ring is 1. The van der Waals surface area contributed by atoms with Crippen molar-refractivity contribution in [1.29, 1.82) is 0 Å². The molecule has 2 heterocycles. The lowest BCUT2D eigenvalue weighted by Gasteiger charge is -2.33. The number of hydrogen-bond donors (Lipinski definition) is 1. The normalized spacial score (nSPS) is 21.9. The number of unbranched alkanes of at least 4 members (excludes halogenated alkanes) is 2. The van der Waals surface area contributed by atoms with Crippen LogP contribution in [0.1, 0.15) is 48.8 Å². The molecule has 0 saturated heterocycles. The molecule has 3 aromatic rings. The van der Waals surface area contributed by atoms with Gasteiger partial charge in [-0.15, -0.1) is 0 Å². The van der Waals surface area contributed by atoms with Gasteiger partial charge in [0.15, 0.2) is 17.3 Å². The van der Waals surface area contributed by atoms with Crippen molar-refractivity contribution in [2.45, 2.75) is 56.6 Å². The Kier molecular flexibility index (Phi) is 6.71. The first-order chi connectivity index (χ1) is 18.6. The highest BCUT2D eigenvalue weighted by Crippen LogP contribution is 2.55. The van der Waals surface area contributed by atoms with Gasteiger partial charge in [-0.2, -0.15) is 0 Å². The summed E-state index contributed by atoms with van der Waals surface area (Å²) in [5, 5.41) is 0. The quantitative estimate of drug-likeness (QED) is 0.295. The number of nitrogens with two attached hydrogens (primary N) is 1. The van der Waals surface area contributed by atoms with Crippen LogP contribution in [-0.4, -0.2) is 37.0 Å². The third kappa shape index (κ3) is 4.49. The van der Waals surface area contributed by atoms with E-state index in [9.17, 15) is 4.79 Å². The molecule has 0 unspecified atom stereocenters. The number of rotatable bonds is 8. The molecule has 196 valence electrons. The maximum Gasteiger partial charge on any atom is 0.166 e. The fraction of sp³-hybridized carbons (Fsp3) is 0.364. The van der Waals surface area contributed by atoms with Crippen LogP contribution in [0.5, 0.6) is 11.5 Å². The first kappa shape index (κ1) is 24.7. The van der Waals surface area contributed by atoms with E-state index in [1.54, 1.807) is 13.2 Å². The number of ether oxygens (including phenoxy) is 2. The summed E-state index contributed by atoms with van der Waals surface area (Å²) < 4.78 is 12.0. The molecular formula is C33H36N2O3. The second-order valence-corrected chi connectivity index (χ2v) is 10.9. The Labute approximate surface area is 225 Å². The van der Waals surface area contributed by atoms with Gasteiger partial charge in [-0.25, -0.2) is 0 Å². The van der Waals surface area contributed by atoms with E-state index < -0.39 is 0 Å². The van der Waals surface area contributed by atoms with Gasteiger partial charge in [0.2, 0.25) is 0 Å². The molecule has 0 radical (unpaired) electrons. The number of hydrogen-bond acceptors (Lipinski definition) is 5. The molecule has 38 heavy (non-hydrogen) atoms. The Hall–Kier alpha value is -3.57. The standard InChI is InChI=1S/C33H36N2O3/c1-37-29-14-13-25-22-35(19-17-33-16-15-27(36)21-30(33)38-32(29)31(25)33)18-6-2-3-8-23-9-4-5-12-28(23)24-10-7-11-26(34)20-24/h4-5,7,9-16,20,30H,2-3,6,8,17-19,21-22,34H2,1H3/t30-,33-/m1/s1. The molecule has 1 aliphatic carbocycles. The molecule has 2 N–H and O–H groups in total. The van der Waals surface area contributed by atoms with E-state index in [4.69, 9.17) is 15.2 Å². The molecule has 3 aliphatic rings. The van der Waals surface area contributed by atoms with Crippen LogP contribution in [0, 0.1) is 0 Å². The molecule has 1 spiro atoms. The van der Waals surface area contributed by atoms with Crippen LogP contribution in [0.25, 0.3) is 11.1 Å². The van der Waals surface area contributed by atoms with Gasteiger partial charge in [-0.1, -0.05) is 55.0 Å². The number of aryl methyl sites for hydroxylation is 1. The number of carbonyl (C=O) groups excluding carboxylic acids is 1. The molecule has 3 aromatic carbocycles. The zero-order chi connectivity index (χ0) is 26.1. The lowest BCUT2D eigenvalue weighted by Crippen LogP contribution is -2.42. The van der Waals surface area contributed by atoms with Crippen molar-refractivity contribution in [3.05, 3.63) is 89.5 Å². The van der Waals surface area contributed by atoms with Gasteiger partial charge in [0.05, 0.1) is 12.5 Å². The van der Waals surface area contributed by atoms with Gasteiger partial charge < -0.3 is 15.2 Å². The Morgan fingerprint density at radius 3 is 2.84 bits per heavy atom. The van der Waals surface area contributed by atoms with Crippen LogP contribution >= 0.6 is 0 Å². The summed E-state index contributed by atoms with van der Waals surface area (Å²) >= 11 is 0. The summed E-state index contributed by atoms with van der Waals surface area (Å²) in [4.78, 5) is 14.8. The van der Waals surface area contributed by atoms with Crippen LogP contribution in [0.2, 0.25) is 0 Å². The Morgan fingerprint density at radius 1 is 1.08 bits per heavy atom. The number of methoxy groups -OCH3 is 1. The maximum atomic E-state index is 12.2. The molecule has 0 saturated carbocycles. The number of benzene rings is 3. The predicted octanol–water partition coefficient (Wildman–Crippen LogP) is 6.09. The van der Waals surface area contributed by atoms with Gasteiger partial charge in [-0.3, -0.25) is 9.69 Å². The van der Waals surface area contributed by atoms with E-state index in [-0.39, 0.29) is 17.3 Å². The van der Waals surface area contributed by atoms with E-state index in [0.717, 1.165) is 56.1 Å². The van der Waals surface area contributed by atoms with Crippen molar-refractivity contribution in [3.63, 3.8) is 0 Å². The number of carbonyl (C=O) groups is 1. The van der Waals surface area contributed by atoms with Crippen LogP contribution < -0.4 is 15.2 Å². The van der Waals surface area contributed by atoms with Crippen molar-refractivity contribution in [2.75, 3.05) is 25.9 Å². The van der Waals surface area contributed by atoms with Gasteiger partial charge in [0, 0.05) is 24.2 Å². The number of nitrogens with zero attached hydrogens (tertiary/aromatic N) is 1. The van der Waals surface area contributed by atoms with Crippen LogP contribution in [0.15, 0.2) is 72.8 Å². The number of anilines is 1. The first-order valence-electron chi connectivity index (χ1n) is 13.8. The largest absolute Gasteiger partial charge is 0.493 e. The predicted molar refractivity (Wildman–Crippen MR) is 152 cm³/mol. The summed E-state index contributed by atoms with van der Waals surface area (Å²) in [5.41, 5.74) is 13.0. The van der Waals surface area contributed by atoms with Crippen LogP contribution in [0.4, 0.5) is 5.69 Å². The smallest absolute Gasteiger partial charge is 0.166 e. The average Bonchev–Trinajstić information content (AvgIpc) is 3.17. The Balaban J connectivity index is 1.11. The zero-order valence-corrected chi connectivity index (χ0v) is 22.1. The molecule has 0 amide bonds. The monoisotopic (exact) mass is 508 g/mol. The summed E-state index contributed by atoms with van der Waals surface area (Å²) in [6, 6.07) is 21.1. The molecular weight excluding hydrogens is 472 g/mol. The van der Waals surface area contributed by atoms with E-state index in [1.807, 2.05) is 18.2 Å². The number of ketones is 1. The van der Waals surface area contributed by atoms with Crippen molar-refractivity contribution in [3.8, 4) is 22.6 Å². The summed E-state index contributed by atoms with van der Waals surface area (Å²) in [6.07, 6.45) is 9.74. The molecule has 2 atom stereocenters. The third-order valence-corrected chi connectivity index (χ3v) is 8.55. The summed E-state index contributed by atoms with van der Waals surface area (Å²) in [6.45, 7) is 2.97. The third-order valence-electron chi connectivity index (χ3n) is 8.55. The van der Waals surface area contributed by atoms with Gasteiger partial charge in [0.25, 0.3) is 0 Å². The van der Waals surface area contributed by atoms with Crippen LogP contribution in [-0.2, 0) is 23.2 Å². The van der Waals surface area contributed by atoms with Crippen molar-refractivity contribution >= 4 is 11.5 Å². The minimum Gasteiger partial charge on any atom is -0.493 e. The minimum absolute atomic E-state index is 0.134. The highest BCUT2D eigenvalue weighted by atomic mass is 16.5. The molecule has 5 heteroatoms. The van der Waals surface area contributed by atoms with Gasteiger partial charge in [-0.05, 0) is 85.3 Å². The Morgan fingerprint density at radius 2 is 1.97 bits per heavy atom. The topological polar surface area (TPSA) is 64.8 Å². The second-order valence-electron chi connectivity index (χ2n) is 10.9. The lowest BCUT2D eigenvalue weighted by atomic mass is 9.69. The molecule has 0 aromatic heterocycles. The van der Waals surface area contributed by atoms with E-state index in [0.29, 0.717) is 6.42 Å². The molecule has 0 fully saturated rings. The van der Waals surface area contributed by atoms with Crippen molar-refractivity contribution in [2.24, 2.45) is 0 Å². The second kappa shape index (κ2) is 10.3. The van der Waals surface area contributed by atoms with Crippen LogP contribution in [0.3, 0.4) is 0 Å².